The van der Waals surface area contributed by atoms with Crippen molar-refractivity contribution < 1.29 is 4.92 Å². The Morgan fingerprint density at radius 2 is 2.25 bits per heavy atom. The summed E-state index contributed by atoms with van der Waals surface area (Å²) < 4.78 is 0. The number of nitrogens with two attached hydrogens (primary N) is 1. The van der Waals surface area contributed by atoms with Gasteiger partial charge < -0.3 is 5.73 Å². The molecule has 2 N–H and O–H groups in total. The Bertz CT molecular complexity index is 889. The quantitative estimate of drug-likeness (QED) is 0.658. The number of fused-ring (bicyclic) bond motifs is 1. The Morgan fingerprint density at radius 1 is 1.50 bits per heavy atom. The number of nitrogens with zero attached hydrogens (tertiary/aromatic N) is 3. The number of hydrogen-bond donors (Lipinski definition) is 1. The number of aryl methyl sites for hydroxylation is 1. The monoisotopic (exact) mass is 342 g/mol. The van der Waals surface area contributed by atoms with Gasteiger partial charge in [-0.25, -0.2) is 4.98 Å². The van der Waals surface area contributed by atoms with Crippen molar-refractivity contribution in [1.82, 2.24) is 4.98 Å². The van der Waals surface area contributed by atoms with Crippen LogP contribution in [-0.4, -0.2) is 9.91 Å². The Hall–Kier alpha value is -2.65. The highest BCUT2D eigenvalue weighted by Gasteiger charge is 2.26. The van der Waals surface area contributed by atoms with Gasteiger partial charge in [-0.15, -0.1) is 0 Å². The van der Waals surface area contributed by atoms with E-state index in [1.165, 1.54) is 18.2 Å². The average molecular weight is 343 g/mol. The molecule has 0 saturated carbocycles. The van der Waals surface area contributed by atoms with Crippen molar-refractivity contribution in [1.29, 1.82) is 5.26 Å². The minimum Gasteiger partial charge on any atom is -0.383 e. The molecular formula is C17H15ClN4O2. The smallest absolute Gasteiger partial charge is 0.270 e. The zero-order chi connectivity index (χ0) is 17.4. The van der Waals surface area contributed by atoms with E-state index in [9.17, 15) is 15.4 Å². The number of nitro groups is 1. The minimum atomic E-state index is -0.481. The van der Waals surface area contributed by atoms with Crippen LogP contribution in [0.5, 0.6) is 0 Å². The molecule has 0 aliphatic heterocycles. The molecule has 0 radical (unpaired) electrons. The molecule has 24 heavy (non-hydrogen) atoms. The highest BCUT2D eigenvalue weighted by Crippen LogP contribution is 2.41. The standard InChI is InChI=1S/C17H15ClN4O2/c1-9-2-5-15-12(6-9)16(13(8-19)17(20)21-15)11-7-10(22(23)24)3-4-14(11)18/h3-4,7,9H,2,5-6H2,1H3,(H2,20,21). The van der Waals surface area contributed by atoms with Crippen molar-refractivity contribution in [2.24, 2.45) is 5.92 Å². The van der Waals surface area contributed by atoms with Crippen molar-refractivity contribution in [2.45, 2.75) is 26.2 Å². The van der Waals surface area contributed by atoms with Crippen LogP contribution in [0.3, 0.4) is 0 Å². The van der Waals surface area contributed by atoms with Crippen LogP contribution in [0.15, 0.2) is 18.2 Å². The lowest BCUT2D eigenvalue weighted by atomic mass is 9.82. The number of pyridine rings is 1. The van der Waals surface area contributed by atoms with Gasteiger partial charge in [0, 0.05) is 34.0 Å². The highest BCUT2D eigenvalue weighted by molar-refractivity contribution is 6.33. The number of benzene rings is 1. The number of rotatable bonds is 2. The lowest BCUT2D eigenvalue weighted by Crippen LogP contribution is -2.17. The lowest BCUT2D eigenvalue weighted by molar-refractivity contribution is -0.384. The van der Waals surface area contributed by atoms with E-state index in [0.29, 0.717) is 22.1 Å². The molecule has 1 aromatic heterocycles. The maximum atomic E-state index is 11.1. The molecule has 0 bridgehead atoms. The van der Waals surface area contributed by atoms with Gasteiger partial charge in [0.05, 0.1) is 4.92 Å². The second kappa shape index (κ2) is 6.10. The van der Waals surface area contributed by atoms with Crippen LogP contribution >= 0.6 is 11.6 Å². The Morgan fingerprint density at radius 3 is 2.92 bits per heavy atom. The van der Waals surface area contributed by atoms with Gasteiger partial charge in [0.1, 0.15) is 17.5 Å². The minimum absolute atomic E-state index is 0.0775. The van der Waals surface area contributed by atoms with Gasteiger partial charge >= 0.3 is 0 Å². The largest absolute Gasteiger partial charge is 0.383 e. The molecule has 0 fully saturated rings. The Balaban J connectivity index is 2.35. The highest BCUT2D eigenvalue weighted by atomic mass is 35.5. The van der Waals surface area contributed by atoms with E-state index in [1.807, 2.05) is 0 Å². The lowest BCUT2D eigenvalue weighted by Gasteiger charge is -2.25. The molecule has 1 aliphatic rings. The summed E-state index contributed by atoms with van der Waals surface area (Å²) in [6, 6.07) is 6.31. The fourth-order valence-corrected chi connectivity index (χ4v) is 3.39. The molecule has 7 heteroatoms. The molecular weight excluding hydrogens is 328 g/mol. The molecule has 1 aromatic carbocycles. The first-order valence-corrected chi connectivity index (χ1v) is 7.95. The molecule has 3 rings (SSSR count). The number of halogens is 1. The number of nitriles is 1. The zero-order valence-corrected chi connectivity index (χ0v) is 13.8. The third kappa shape index (κ3) is 2.68. The number of anilines is 1. The maximum absolute atomic E-state index is 11.1. The SMILES string of the molecule is CC1CCc2nc(N)c(C#N)c(-c3cc([N+](=O)[O-])ccc3Cl)c2C1. The summed E-state index contributed by atoms with van der Waals surface area (Å²) in [5, 5.41) is 21.0. The van der Waals surface area contributed by atoms with Gasteiger partial charge in [0.25, 0.3) is 5.69 Å². The first kappa shape index (κ1) is 16.2. The number of nitrogen functional groups attached to an aromatic ring is 1. The van der Waals surface area contributed by atoms with Crippen molar-refractivity contribution >= 4 is 23.1 Å². The van der Waals surface area contributed by atoms with Crippen LogP contribution in [0.2, 0.25) is 5.02 Å². The van der Waals surface area contributed by atoms with Gasteiger partial charge in [0.2, 0.25) is 0 Å². The molecule has 1 heterocycles. The molecule has 1 unspecified atom stereocenters. The summed E-state index contributed by atoms with van der Waals surface area (Å²) >= 11 is 6.30. The summed E-state index contributed by atoms with van der Waals surface area (Å²) in [6.07, 6.45) is 2.51. The van der Waals surface area contributed by atoms with Crippen molar-refractivity contribution in [3.8, 4) is 17.2 Å². The predicted octanol–water partition coefficient (Wildman–Crippen LogP) is 3.89. The number of hydrogen-bond acceptors (Lipinski definition) is 5. The summed E-state index contributed by atoms with van der Waals surface area (Å²) in [5.74, 6) is 0.578. The fraction of sp³-hybridized carbons (Fsp3) is 0.294. The maximum Gasteiger partial charge on any atom is 0.270 e. The van der Waals surface area contributed by atoms with Crippen LogP contribution in [0, 0.1) is 27.4 Å². The van der Waals surface area contributed by atoms with Crippen molar-refractivity contribution in [2.75, 3.05) is 5.73 Å². The average Bonchev–Trinajstić information content (AvgIpc) is 2.54. The van der Waals surface area contributed by atoms with E-state index < -0.39 is 4.92 Å². The summed E-state index contributed by atoms with van der Waals surface area (Å²) in [7, 11) is 0. The second-order valence-corrected chi connectivity index (χ2v) is 6.46. The number of aromatic nitrogens is 1. The molecule has 0 spiro atoms. The van der Waals surface area contributed by atoms with Crippen LogP contribution in [0.1, 0.15) is 30.2 Å². The molecule has 122 valence electrons. The van der Waals surface area contributed by atoms with E-state index in [4.69, 9.17) is 17.3 Å². The predicted molar refractivity (Wildman–Crippen MR) is 91.7 cm³/mol. The van der Waals surface area contributed by atoms with E-state index in [-0.39, 0.29) is 17.1 Å². The third-order valence-corrected chi connectivity index (χ3v) is 4.71. The second-order valence-electron chi connectivity index (χ2n) is 6.05. The summed E-state index contributed by atoms with van der Waals surface area (Å²) in [4.78, 5) is 15.0. The van der Waals surface area contributed by atoms with Gasteiger partial charge in [-0.1, -0.05) is 18.5 Å². The zero-order valence-electron chi connectivity index (χ0n) is 13.0. The Labute approximate surface area is 144 Å². The molecule has 0 amide bonds. The normalized spacial score (nSPS) is 16.3. The molecule has 1 atom stereocenters. The van der Waals surface area contributed by atoms with E-state index >= 15 is 0 Å². The Kier molecular flexibility index (Phi) is 4.12. The van der Waals surface area contributed by atoms with Crippen LogP contribution in [0.4, 0.5) is 11.5 Å². The van der Waals surface area contributed by atoms with E-state index in [0.717, 1.165) is 30.5 Å². The third-order valence-electron chi connectivity index (χ3n) is 4.38. The molecule has 2 aromatic rings. The first-order valence-electron chi connectivity index (χ1n) is 7.58. The summed E-state index contributed by atoms with van der Waals surface area (Å²) in [5.41, 5.74) is 8.93. The van der Waals surface area contributed by atoms with Crippen LogP contribution in [-0.2, 0) is 12.8 Å². The fourth-order valence-electron chi connectivity index (χ4n) is 3.18. The molecule has 6 nitrogen and oxygen atoms in total. The van der Waals surface area contributed by atoms with E-state index in [1.54, 1.807) is 0 Å². The number of non-ortho nitro benzene ring substituents is 1. The first-order chi connectivity index (χ1) is 11.4. The van der Waals surface area contributed by atoms with Gasteiger partial charge in [-0.2, -0.15) is 5.26 Å². The van der Waals surface area contributed by atoms with Crippen LogP contribution in [0.25, 0.3) is 11.1 Å². The van der Waals surface area contributed by atoms with Crippen molar-refractivity contribution in [3.63, 3.8) is 0 Å². The number of nitro benzene ring substituents is 1. The van der Waals surface area contributed by atoms with Gasteiger partial charge in [-0.3, -0.25) is 10.1 Å². The summed E-state index contributed by atoms with van der Waals surface area (Å²) in [6.45, 7) is 2.13. The van der Waals surface area contributed by atoms with E-state index in [2.05, 4.69) is 18.0 Å². The molecule has 1 aliphatic carbocycles. The molecule has 0 saturated heterocycles. The van der Waals surface area contributed by atoms with Gasteiger partial charge in [0.15, 0.2) is 0 Å². The van der Waals surface area contributed by atoms with Crippen molar-refractivity contribution in [3.05, 3.63) is 50.2 Å². The van der Waals surface area contributed by atoms with Crippen LogP contribution < -0.4 is 5.73 Å². The topological polar surface area (TPSA) is 106 Å². The van der Waals surface area contributed by atoms with Gasteiger partial charge in [-0.05, 0) is 36.8 Å².